The predicted molar refractivity (Wildman–Crippen MR) is 218 cm³/mol. The first kappa shape index (κ1) is 38.4. The molecule has 308 valence electrons. The van der Waals surface area contributed by atoms with Gasteiger partial charge in [0.05, 0.1) is 42.9 Å². The molecule has 2 aliphatic heterocycles. The number of nitrogens with one attached hydrogen (secondary N) is 4. The molecule has 0 spiro atoms. The summed E-state index contributed by atoms with van der Waals surface area (Å²) in [5.41, 5.74) is 5.16. The number of nitrogens with zero attached hydrogens (tertiary/aromatic N) is 4. The van der Waals surface area contributed by atoms with Crippen LogP contribution in [0.25, 0.3) is 33.2 Å². The highest BCUT2D eigenvalue weighted by atomic mass is 16.5. The van der Waals surface area contributed by atoms with Gasteiger partial charge in [-0.1, -0.05) is 52.0 Å². The number of para-hydroxylation sites is 1. The number of likely N-dealkylation sites (tertiary alicyclic amines) is 2. The van der Waals surface area contributed by atoms with Crippen LogP contribution in [0.2, 0.25) is 0 Å². The number of aromatic amines is 2. The summed E-state index contributed by atoms with van der Waals surface area (Å²) in [7, 11) is 2.59. The number of benzene rings is 3. The summed E-state index contributed by atoms with van der Waals surface area (Å²) < 4.78 is 16.0. The minimum atomic E-state index is -0.707. The van der Waals surface area contributed by atoms with Gasteiger partial charge in [0.2, 0.25) is 11.8 Å². The van der Waals surface area contributed by atoms with E-state index in [1.165, 1.54) is 14.2 Å². The highest BCUT2D eigenvalue weighted by Crippen LogP contribution is 2.55. The SMILES string of the molecule is COC(=O)NC(C(=O)N1[C@H](c2nc3c(Oc4ccc(-c5ccc6nc([C@@H]7C[C@H]8C[C@H]8N7C(=O)[C@@H](NC(=O)OC)C(C)C)[nH]c6c5)cc4)cccc3[nH]2)C[C@H]2C[C@@H]21)C(C)C. The van der Waals surface area contributed by atoms with Gasteiger partial charge in [0.1, 0.15) is 35.0 Å². The van der Waals surface area contributed by atoms with Gasteiger partial charge in [-0.15, -0.1) is 0 Å². The van der Waals surface area contributed by atoms with E-state index in [2.05, 4.69) is 26.7 Å². The molecule has 3 aromatic carbocycles. The molecule has 4 fully saturated rings. The van der Waals surface area contributed by atoms with E-state index in [1.54, 1.807) is 0 Å². The fourth-order valence-corrected chi connectivity index (χ4v) is 9.23. The number of carbonyl (C=O) groups is 4. The quantitative estimate of drug-likeness (QED) is 0.109. The van der Waals surface area contributed by atoms with Gasteiger partial charge >= 0.3 is 12.2 Å². The van der Waals surface area contributed by atoms with E-state index in [0.29, 0.717) is 34.7 Å². The van der Waals surface area contributed by atoms with Crippen molar-refractivity contribution in [1.82, 2.24) is 40.4 Å². The lowest BCUT2D eigenvalue weighted by atomic mass is 10.0. The number of alkyl carbamates (subject to hydrolysis) is 2. The Bertz CT molecular complexity index is 2440. The lowest BCUT2D eigenvalue weighted by molar-refractivity contribution is -0.137. The van der Waals surface area contributed by atoms with Crippen LogP contribution in [0.15, 0.2) is 60.7 Å². The van der Waals surface area contributed by atoms with E-state index >= 15 is 0 Å². The number of piperidine rings is 2. The molecule has 15 nitrogen and oxygen atoms in total. The highest BCUT2D eigenvalue weighted by molar-refractivity contribution is 5.89. The maximum absolute atomic E-state index is 13.9. The number of methoxy groups -OCH3 is 2. The number of fused-ring (bicyclic) bond motifs is 4. The van der Waals surface area contributed by atoms with E-state index in [1.807, 2.05) is 92.1 Å². The largest absolute Gasteiger partial charge is 0.455 e. The molecule has 59 heavy (non-hydrogen) atoms. The molecule has 2 aromatic heterocycles. The van der Waals surface area contributed by atoms with Crippen molar-refractivity contribution >= 4 is 46.1 Å². The molecule has 1 unspecified atom stereocenters. The molecule has 9 rings (SSSR count). The Kier molecular flexibility index (Phi) is 9.71. The first-order valence-corrected chi connectivity index (χ1v) is 20.5. The average Bonchev–Trinajstić information content (AvgIpc) is 3.88. The number of ether oxygens (including phenoxy) is 3. The Balaban J connectivity index is 0.909. The molecule has 4 amide bonds. The number of hydrogen-bond donors (Lipinski definition) is 4. The molecule has 0 radical (unpaired) electrons. The molecular weight excluding hydrogens is 753 g/mol. The van der Waals surface area contributed by atoms with Crippen molar-refractivity contribution in [3.8, 4) is 22.6 Å². The fraction of sp³-hybridized carbons (Fsp3) is 0.455. The van der Waals surface area contributed by atoms with Crippen LogP contribution < -0.4 is 15.4 Å². The lowest BCUT2D eigenvalue weighted by Crippen LogP contribution is -2.52. The summed E-state index contributed by atoms with van der Waals surface area (Å²) in [5, 5.41) is 5.48. The van der Waals surface area contributed by atoms with E-state index in [4.69, 9.17) is 24.2 Å². The molecule has 4 aliphatic rings. The van der Waals surface area contributed by atoms with Gasteiger partial charge in [0, 0.05) is 12.1 Å². The standard InChI is InChI=1S/C44H50N8O7/c1-21(2)36(49-43(55)57-5)41(53)51-31-17-25(31)19-33(51)39-45-28-15-12-24(16-30(28)47-39)23-10-13-27(14-11-23)59-35-9-7-8-29-38(35)48-40(46-29)34-20-26-18-32(26)52(34)42(54)37(22(3)4)50-44(56)58-6/h7-16,21-22,25-26,31-34,36-37H,17-20H2,1-6H3,(H,45,47)(H,46,48)(H,49,55)(H,50,56)/t25-,26-,31-,32+,33+,34+,36+,37?/m1/s1. The van der Waals surface area contributed by atoms with Crippen LogP contribution in [-0.2, 0) is 19.1 Å². The second kappa shape index (κ2) is 14.9. The van der Waals surface area contributed by atoms with Crippen molar-refractivity contribution in [2.24, 2.45) is 23.7 Å². The zero-order chi connectivity index (χ0) is 41.3. The Hall–Kier alpha value is -6.12. The summed E-state index contributed by atoms with van der Waals surface area (Å²) in [6, 6.07) is 18.2. The summed E-state index contributed by atoms with van der Waals surface area (Å²) in [5.74, 6) is 3.06. The van der Waals surface area contributed by atoms with Crippen LogP contribution in [-0.4, -0.2) is 92.1 Å². The molecule has 0 bridgehead atoms. The fourth-order valence-electron chi connectivity index (χ4n) is 9.23. The Labute approximate surface area is 341 Å². The number of imidazole rings is 2. The Morgan fingerprint density at radius 1 is 0.678 bits per heavy atom. The minimum Gasteiger partial charge on any atom is -0.455 e. The third kappa shape index (κ3) is 7.10. The highest BCUT2D eigenvalue weighted by Gasteiger charge is 2.57. The molecule has 5 aromatic rings. The first-order chi connectivity index (χ1) is 28.4. The molecule has 2 saturated carbocycles. The van der Waals surface area contributed by atoms with Gasteiger partial charge in [-0.05, 0) is 96.9 Å². The molecule has 4 heterocycles. The van der Waals surface area contributed by atoms with Gasteiger partial charge in [-0.2, -0.15) is 0 Å². The Morgan fingerprint density at radius 3 is 1.78 bits per heavy atom. The third-order valence-corrected chi connectivity index (χ3v) is 12.5. The summed E-state index contributed by atoms with van der Waals surface area (Å²) in [6.07, 6.45) is 2.30. The molecule has 4 N–H and O–H groups in total. The van der Waals surface area contributed by atoms with E-state index < -0.39 is 24.3 Å². The van der Waals surface area contributed by atoms with Crippen LogP contribution in [0.3, 0.4) is 0 Å². The van der Waals surface area contributed by atoms with Crippen molar-refractivity contribution in [3.63, 3.8) is 0 Å². The van der Waals surface area contributed by atoms with Gasteiger partial charge in [0.15, 0.2) is 5.75 Å². The van der Waals surface area contributed by atoms with Crippen LogP contribution in [0.1, 0.15) is 77.1 Å². The summed E-state index contributed by atoms with van der Waals surface area (Å²) in [6.45, 7) is 7.66. The molecule has 15 heteroatoms. The van der Waals surface area contributed by atoms with Crippen LogP contribution in [0.5, 0.6) is 11.5 Å². The summed E-state index contributed by atoms with van der Waals surface area (Å²) >= 11 is 0. The van der Waals surface area contributed by atoms with E-state index in [9.17, 15) is 19.2 Å². The maximum Gasteiger partial charge on any atom is 0.407 e. The minimum absolute atomic E-state index is 0.109. The molecule has 8 atom stereocenters. The smallest absolute Gasteiger partial charge is 0.407 e. The topological polar surface area (TPSA) is 184 Å². The average molecular weight is 803 g/mol. The van der Waals surface area contributed by atoms with Crippen molar-refractivity contribution in [3.05, 3.63) is 72.3 Å². The van der Waals surface area contributed by atoms with E-state index in [-0.39, 0.29) is 47.8 Å². The number of amides is 4. The predicted octanol–water partition coefficient (Wildman–Crippen LogP) is 6.98. The van der Waals surface area contributed by atoms with Crippen molar-refractivity contribution in [2.75, 3.05) is 14.2 Å². The Morgan fingerprint density at radius 2 is 1.22 bits per heavy atom. The van der Waals surface area contributed by atoms with E-state index in [0.717, 1.165) is 59.2 Å². The van der Waals surface area contributed by atoms with Crippen molar-refractivity contribution in [2.45, 2.75) is 89.6 Å². The lowest BCUT2D eigenvalue weighted by Gasteiger charge is -2.31. The third-order valence-electron chi connectivity index (χ3n) is 12.5. The molecule has 2 aliphatic carbocycles. The van der Waals surface area contributed by atoms with Gasteiger partial charge in [-0.25, -0.2) is 19.6 Å². The number of aromatic nitrogens is 4. The zero-order valence-corrected chi connectivity index (χ0v) is 34.0. The maximum atomic E-state index is 13.9. The van der Waals surface area contributed by atoms with Gasteiger partial charge in [0.25, 0.3) is 0 Å². The van der Waals surface area contributed by atoms with Crippen LogP contribution in [0, 0.1) is 23.7 Å². The number of carbonyl (C=O) groups excluding carboxylic acids is 4. The normalized spacial score (nSPS) is 23.9. The second-order valence-corrected chi connectivity index (χ2v) is 17.1. The zero-order valence-electron chi connectivity index (χ0n) is 34.0. The molecular formula is C44H50N8O7. The number of rotatable bonds is 11. The first-order valence-electron chi connectivity index (χ1n) is 20.5. The van der Waals surface area contributed by atoms with Gasteiger partial charge < -0.3 is 44.6 Å². The monoisotopic (exact) mass is 802 g/mol. The van der Waals surface area contributed by atoms with Crippen LogP contribution in [0.4, 0.5) is 9.59 Å². The number of hydrogen-bond acceptors (Lipinski definition) is 9. The van der Waals surface area contributed by atoms with Crippen molar-refractivity contribution < 1.29 is 33.4 Å². The second-order valence-electron chi connectivity index (χ2n) is 17.1. The summed E-state index contributed by atoms with van der Waals surface area (Å²) in [4.78, 5) is 72.7. The molecule has 2 saturated heterocycles. The number of H-pyrrole nitrogens is 2. The van der Waals surface area contributed by atoms with Crippen LogP contribution >= 0.6 is 0 Å². The van der Waals surface area contributed by atoms with Gasteiger partial charge in [-0.3, -0.25) is 9.59 Å². The van der Waals surface area contributed by atoms with Crippen molar-refractivity contribution in [1.29, 1.82) is 0 Å².